The summed E-state index contributed by atoms with van der Waals surface area (Å²) in [5.41, 5.74) is 0.804. The number of carbonyl (C=O) groups excluding carboxylic acids is 1. The van der Waals surface area contributed by atoms with E-state index in [2.05, 4.69) is 16.2 Å². The maximum atomic E-state index is 12.2. The molecule has 0 saturated carbocycles. The normalized spacial score (nSPS) is 11.8. The maximum Gasteiger partial charge on any atom is 0.227 e. The van der Waals surface area contributed by atoms with Gasteiger partial charge in [-0.1, -0.05) is 16.8 Å². The van der Waals surface area contributed by atoms with Gasteiger partial charge in [0.15, 0.2) is 0 Å². The second-order valence-electron chi connectivity index (χ2n) is 5.48. The van der Waals surface area contributed by atoms with Gasteiger partial charge in [-0.25, -0.2) is 0 Å². The first kappa shape index (κ1) is 18.0. The number of aromatic nitrogens is 2. The number of nitriles is 1. The van der Waals surface area contributed by atoms with Gasteiger partial charge in [0, 0.05) is 36.5 Å². The zero-order valence-electron chi connectivity index (χ0n) is 13.7. The third-order valence-corrected chi connectivity index (χ3v) is 3.82. The zero-order chi connectivity index (χ0) is 17.5. The molecule has 1 heterocycles. The van der Waals surface area contributed by atoms with Gasteiger partial charge in [-0.2, -0.15) is 10.2 Å². The van der Waals surface area contributed by atoms with Gasteiger partial charge in [0.25, 0.3) is 0 Å². The van der Waals surface area contributed by atoms with Crippen molar-refractivity contribution in [1.82, 2.24) is 15.0 Å². The fourth-order valence-corrected chi connectivity index (χ4v) is 2.35. The summed E-state index contributed by atoms with van der Waals surface area (Å²) in [5.74, 6) is 0.678. The number of benzene rings is 1. The highest BCUT2D eigenvalue weighted by atomic mass is 35.5. The zero-order valence-corrected chi connectivity index (χ0v) is 14.5. The topological polar surface area (TPSA) is 83.0 Å². The van der Waals surface area contributed by atoms with Crippen LogP contribution in [0.1, 0.15) is 26.2 Å². The van der Waals surface area contributed by atoms with E-state index in [1.165, 1.54) is 0 Å². The second-order valence-corrected chi connectivity index (χ2v) is 5.92. The molecular formula is C17H19ClN4O2. The number of aryl methyl sites for hydroxylation is 1. The van der Waals surface area contributed by atoms with Gasteiger partial charge < -0.3 is 9.42 Å². The molecule has 2 aromatic rings. The molecule has 1 aromatic carbocycles. The van der Waals surface area contributed by atoms with Gasteiger partial charge in [0.1, 0.15) is 0 Å². The molecule has 0 unspecified atom stereocenters. The monoisotopic (exact) mass is 346 g/mol. The molecule has 0 bridgehead atoms. The number of carbonyl (C=O) groups is 1. The molecule has 0 fully saturated rings. The molecule has 1 amide bonds. The molecule has 1 aromatic heterocycles. The Labute approximate surface area is 146 Å². The van der Waals surface area contributed by atoms with E-state index in [-0.39, 0.29) is 18.2 Å². The van der Waals surface area contributed by atoms with Crippen molar-refractivity contribution in [1.29, 1.82) is 5.26 Å². The first-order chi connectivity index (χ1) is 11.5. The maximum absolute atomic E-state index is 12.2. The number of halogens is 1. The SMILES string of the molecule is CCN(C[C@H](C)C#N)C(=O)CCc1nc(-c2ccc(Cl)cc2)no1. The van der Waals surface area contributed by atoms with Crippen LogP contribution in [0.2, 0.25) is 5.02 Å². The summed E-state index contributed by atoms with van der Waals surface area (Å²) in [7, 11) is 0. The number of rotatable bonds is 7. The lowest BCUT2D eigenvalue weighted by atomic mass is 10.2. The predicted molar refractivity (Wildman–Crippen MR) is 90.1 cm³/mol. The Morgan fingerprint density at radius 1 is 1.42 bits per heavy atom. The molecule has 0 aliphatic rings. The fourth-order valence-electron chi connectivity index (χ4n) is 2.22. The lowest BCUT2D eigenvalue weighted by Gasteiger charge is -2.21. The van der Waals surface area contributed by atoms with Crippen LogP contribution < -0.4 is 0 Å². The summed E-state index contributed by atoms with van der Waals surface area (Å²) in [6.07, 6.45) is 0.644. The Hall–Kier alpha value is -2.39. The summed E-state index contributed by atoms with van der Waals surface area (Å²) >= 11 is 5.85. The summed E-state index contributed by atoms with van der Waals surface area (Å²) in [6.45, 7) is 4.70. The Morgan fingerprint density at radius 2 is 2.12 bits per heavy atom. The molecule has 24 heavy (non-hydrogen) atoms. The van der Waals surface area contributed by atoms with Crippen LogP contribution in [0.15, 0.2) is 28.8 Å². The molecule has 0 radical (unpaired) electrons. The summed E-state index contributed by atoms with van der Waals surface area (Å²) in [5, 5.41) is 13.4. The molecule has 0 spiro atoms. The Kier molecular flexibility index (Phi) is 6.33. The highest BCUT2D eigenvalue weighted by Crippen LogP contribution is 2.19. The minimum absolute atomic E-state index is 0.0224. The smallest absolute Gasteiger partial charge is 0.227 e. The number of hydrogen-bond donors (Lipinski definition) is 0. The van der Waals surface area contributed by atoms with Gasteiger partial charge in [0.05, 0.1) is 12.0 Å². The summed E-state index contributed by atoms with van der Waals surface area (Å²) in [4.78, 5) is 18.2. The Bertz CT molecular complexity index is 721. The van der Waals surface area contributed by atoms with Crippen molar-refractivity contribution in [2.24, 2.45) is 5.92 Å². The Balaban J connectivity index is 1.94. The Morgan fingerprint density at radius 3 is 2.75 bits per heavy atom. The van der Waals surface area contributed by atoms with Crippen LogP contribution in [0, 0.1) is 17.2 Å². The van der Waals surface area contributed by atoms with Crippen molar-refractivity contribution in [2.45, 2.75) is 26.7 Å². The second kappa shape index (κ2) is 8.46. The standard InChI is InChI=1S/C17H19ClN4O2/c1-3-22(11-12(2)10-19)16(23)9-8-15-20-17(21-24-15)13-4-6-14(18)7-5-13/h4-7,12H,3,8-9,11H2,1-2H3/t12-/m1/s1. The van der Waals surface area contributed by atoms with Crippen LogP contribution in [0.5, 0.6) is 0 Å². The number of hydrogen-bond acceptors (Lipinski definition) is 5. The minimum Gasteiger partial charge on any atom is -0.342 e. The van der Waals surface area contributed by atoms with Crippen molar-refractivity contribution in [3.63, 3.8) is 0 Å². The van der Waals surface area contributed by atoms with Crippen LogP contribution in [0.4, 0.5) is 0 Å². The van der Waals surface area contributed by atoms with Crippen molar-refractivity contribution in [2.75, 3.05) is 13.1 Å². The molecule has 2 rings (SSSR count). The average Bonchev–Trinajstić information content (AvgIpc) is 3.06. The third-order valence-electron chi connectivity index (χ3n) is 3.57. The van der Waals surface area contributed by atoms with Gasteiger partial charge in [-0.15, -0.1) is 0 Å². The van der Waals surface area contributed by atoms with Crippen LogP contribution in [-0.2, 0) is 11.2 Å². The van der Waals surface area contributed by atoms with E-state index in [0.717, 1.165) is 5.56 Å². The summed E-state index contributed by atoms with van der Waals surface area (Å²) < 4.78 is 5.20. The van der Waals surface area contributed by atoms with E-state index in [4.69, 9.17) is 21.4 Å². The fraction of sp³-hybridized carbons (Fsp3) is 0.412. The van der Waals surface area contributed by atoms with Crippen molar-refractivity contribution in [3.8, 4) is 17.5 Å². The molecule has 7 heteroatoms. The van der Waals surface area contributed by atoms with Gasteiger partial charge in [0.2, 0.25) is 17.6 Å². The minimum atomic E-state index is -0.186. The molecule has 6 nitrogen and oxygen atoms in total. The van der Waals surface area contributed by atoms with Gasteiger partial charge in [-0.05, 0) is 38.1 Å². The first-order valence-electron chi connectivity index (χ1n) is 7.79. The van der Waals surface area contributed by atoms with E-state index in [9.17, 15) is 4.79 Å². The van der Waals surface area contributed by atoms with E-state index in [1.54, 1.807) is 24.0 Å². The third kappa shape index (κ3) is 4.80. The van der Waals surface area contributed by atoms with Crippen molar-refractivity contribution in [3.05, 3.63) is 35.2 Å². The van der Waals surface area contributed by atoms with Crippen LogP contribution >= 0.6 is 11.6 Å². The van der Waals surface area contributed by atoms with E-state index in [0.29, 0.717) is 36.2 Å². The van der Waals surface area contributed by atoms with Gasteiger partial charge in [-0.3, -0.25) is 4.79 Å². The quantitative estimate of drug-likeness (QED) is 0.767. The largest absolute Gasteiger partial charge is 0.342 e. The number of amides is 1. The number of nitrogens with zero attached hydrogens (tertiary/aromatic N) is 4. The lowest BCUT2D eigenvalue weighted by Crippen LogP contribution is -2.34. The van der Waals surface area contributed by atoms with E-state index < -0.39 is 0 Å². The van der Waals surface area contributed by atoms with E-state index in [1.807, 2.05) is 19.1 Å². The van der Waals surface area contributed by atoms with Crippen LogP contribution in [-0.4, -0.2) is 34.0 Å². The molecule has 0 aliphatic heterocycles. The van der Waals surface area contributed by atoms with Crippen molar-refractivity contribution >= 4 is 17.5 Å². The lowest BCUT2D eigenvalue weighted by molar-refractivity contribution is -0.131. The van der Waals surface area contributed by atoms with Crippen LogP contribution in [0.25, 0.3) is 11.4 Å². The highest BCUT2D eigenvalue weighted by molar-refractivity contribution is 6.30. The molecular weight excluding hydrogens is 328 g/mol. The van der Waals surface area contributed by atoms with Gasteiger partial charge >= 0.3 is 0 Å². The first-order valence-corrected chi connectivity index (χ1v) is 8.17. The van der Waals surface area contributed by atoms with Crippen molar-refractivity contribution < 1.29 is 9.32 Å². The molecule has 1 atom stereocenters. The van der Waals surface area contributed by atoms with E-state index >= 15 is 0 Å². The molecule has 0 aliphatic carbocycles. The highest BCUT2D eigenvalue weighted by Gasteiger charge is 2.16. The predicted octanol–water partition coefficient (Wildman–Crippen LogP) is 3.33. The summed E-state index contributed by atoms with van der Waals surface area (Å²) in [6, 6.07) is 9.27. The van der Waals surface area contributed by atoms with Crippen LogP contribution in [0.3, 0.4) is 0 Å². The average molecular weight is 347 g/mol. The molecule has 0 saturated heterocycles. The molecule has 0 N–H and O–H groups in total. The molecule has 126 valence electrons.